The molecule has 0 unspecified atom stereocenters. The number of rotatable bonds is 5. The van der Waals surface area contributed by atoms with E-state index in [9.17, 15) is 0 Å². The largest absolute Gasteiger partial charge is 0.399 e. The van der Waals surface area contributed by atoms with E-state index >= 15 is 0 Å². The van der Waals surface area contributed by atoms with E-state index in [4.69, 9.17) is 5.73 Å². The Kier molecular flexibility index (Phi) is 5.69. The second-order valence-corrected chi connectivity index (χ2v) is 9.50. The Labute approximate surface area is 123 Å². The van der Waals surface area contributed by atoms with Crippen LogP contribution in [0, 0.1) is 6.92 Å². The van der Waals surface area contributed by atoms with Crippen molar-refractivity contribution in [2.75, 3.05) is 5.73 Å². The Bertz CT molecular complexity index is 434. The predicted molar refractivity (Wildman–Crippen MR) is 88.9 cm³/mol. The number of benzene rings is 2. The van der Waals surface area contributed by atoms with Gasteiger partial charge in [-0.05, 0) is 84.6 Å². The van der Waals surface area contributed by atoms with E-state index in [0.29, 0.717) is 0 Å². The van der Waals surface area contributed by atoms with Gasteiger partial charge in [-0.1, -0.05) is 17.7 Å². The van der Waals surface area contributed by atoms with Gasteiger partial charge in [-0.15, -0.1) is 0 Å². The van der Waals surface area contributed by atoms with Gasteiger partial charge >= 0.3 is 0 Å². The maximum atomic E-state index is 5.64. The average Bonchev–Trinajstić information content (AvgIpc) is 2.39. The molecule has 2 N–H and O–H groups in total. The molecule has 18 heavy (non-hydrogen) atoms. The summed E-state index contributed by atoms with van der Waals surface area (Å²) in [4.78, 5) is 2.52. The zero-order valence-electron chi connectivity index (χ0n) is 9.83. The minimum atomic E-state index is 0.811. The smallest absolute Gasteiger partial charge is 0.0314 e. The summed E-state index contributed by atoms with van der Waals surface area (Å²) in [6.45, 7) is 2.10. The molecule has 0 saturated carbocycles. The Morgan fingerprint density at radius 3 is 1.67 bits per heavy atom. The highest BCUT2D eigenvalue weighted by molar-refractivity contribution is 9.26. The van der Waals surface area contributed by atoms with Gasteiger partial charge in [0.05, 0.1) is 0 Å². The lowest BCUT2D eigenvalue weighted by atomic mass is 10.2. The van der Waals surface area contributed by atoms with Gasteiger partial charge in [0.1, 0.15) is 0 Å². The fourth-order valence-electron chi connectivity index (χ4n) is 1.22. The van der Waals surface area contributed by atoms with Crippen molar-refractivity contribution < 1.29 is 0 Å². The van der Waals surface area contributed by atoms with E-state index in [1.165, 1.54) is 15.4 Å². The number of nitrogens with two attached hydrogens (primary N) is 1. The quantitative estimate of drug-likeness (QED) is 0.436. The second-order valence-electron chi connectivity index (χ2n) is 3.68. The first-order chi connectivity index (χ1) is 8.74. The van der Waals surface area contributed by atoms with Crippen LogP contribution in [-0.2, 0) is 0 Å². The highest BCUT2D eigenvalue weighted by Crippen LogP contribution is 2.49. The topological polar surface area (TPSA) is 26.0 Å². The molecule has 2 aromatic rings. The van der Waals surface area contributed by atoms with E-state index in [1.807, 2.05) is 24.3 Å². The molecule has 2 rings (SSSR count). The van der Waals surface area contributed by atoms with E-state index in [0.717, 1.165) is 5.69 Å². The molecule has 0 aliphatic heterocycles. The van der Waals surface area contributed by atoms with Crippen molar-refractivity contribution in [2.45, 2.75) is 16.7 Å². The first-order valence-electron chi connectivity index (χ1n) is 5.34. The molecule has 1 nitrogen and oxygen atoms in total. The van der Waals surface area contributed by atoms with Crippen LogP contribution in [0.4, 0.5) is 5.69 Å². The van der Waals surface area contributed by atoms with Gasteiger partial charge in [0, 0.05) is 15.5 Å². The molecular weight excluding hydrogens is 298 g/mol. The van der Waals surface area contributed by atoms with E-state index in [1.54, 1.807) is 41.2 Å². The van der Waals surface area contributed by atoms with E-state index < -0.39 is 0 Å². The molecule has 0 fully saturated rings. The standard InChI is InChI=1S/C13H13NS4/c1-10-2-6-12(7-3-10)15-17-18-16-13-8-4-11(14)5-9-13/h2-9H,14H2,1H3. The number of nitrogen functional groups attached to an aromatic ring is 1. The van der Waals surface area contributed by atoms with Gasteiger partial charge in [-0.25, -0.2) is 0 Å². The molecule has 0 saturated heterocycles. The monoisotopic (exact) mass is 311 g/mol. The zero-order valence-corrected chi connectivity index (χ0v) is 13.1. The van der Waals surface area contributed by atoms with Crippen LogP contribution in [0.3, 0.4) is 0 Å². The normalized spacial score (nSPS) is 10.5. The van der Waals surface area contributed by atoms with Gasteiger partial charge in [0.15, 0.2) is 0 Å². The van der Waals surface area contributed by atoms with Crippen LogP contribution in [0.2, 0.25) is 0 Å². The summed E-state index contributed by atoms with van der Waals surface area (Å²) in [7, 11) is 7.08. The molecule has 0 aliphatic carbocycles. The van der Waals surface area contributed by atoms with Crippen molar-refractivity contribution in [3.63, 3.8) is 0 Å². The van der Waals surface area contributed by atoms with Gasteiger partial charge in [-0.2, -0.15) is 0 Å². The van der Waals surface area contributed by atoms with Crippen LogP contribution in [0.1, 0.15) is 5.56 Å². The van der Waals surface area contributed by atoms with Crippen molar-refractivity contribution >= 4 is 46.9 Å². The fraction of sp³-hybridized carbons (Fsp3) is 0.0769. The van der Waals surface area contributed by atoms with Crippen LogP contribution in [0.25, 0.3) is 0 Å². The Hall–Kier alpha value is -0.360. The Balaban J connectivity index is 1.73. The third-order valence-electron chi connectivity index (χ3n) is 2.19. The molecule has 0 spiro atoms. The summed E-state index contributed by atoms with van der Waals surface area (Å²) in [6.07, 6.45) is 0. The summed E-state index contributed by atoms with van der Waals surface area (Å²) in [5.74, 6) is 0. The Morgan fingerprint density at radius 1 is 0.722 bits per heavy atom. The maximum Gasteiger partial charge on any atom is 0.0314 e. The molecule has 0 aromatic heterocycles. The highest BCUT2D eigenvalue weighted by atomic mass is 33.7. The van der Waals surface area contributed by atoms with Gasteiger partial charge in [0.2, 0.25) is 0 Å². The number of anilines is 1. The van der Waals surface area contributed by atoms with E-state index in [-0.39, 0.29) is 0 Å². The fourth-order valence-corrected chi connectivity index (χ4v) is 6.65. The van der Waals surface area contributed by atoms with Crippen LogP contribution in [-0.4, -0.2) is 0 Å². The van der Waals surface area contributed by atoms with Crippen LogP contribution < -0.4 is 5.73 Å². The number of hydrogen-bond donors (Lipinski definition) is 1. The molecule has 0 bridgehead atoms. The summed E-state index contributed by atoms with van der Waals surface area (Å²) in [5, 5.41) is 0. The lowest BCUT2D eigenvalue weighted by Gasteiger charge is -2.01. The van der Waals surface area contributed by atoms with Crippen LogP contribution >= 0.6 is 41.2 Å². The summed E-state index contributed by atoms with van der Waals surface area (Å²) >= 11 is 0. The van der Waals surface area contributed by atoms with Crippen molar-refractivity contribution in [1.82, 2.24) is 0 Å². The second kappa shape index (κ2) is 7.28. The minimum Gasteiger partial charge on any atom is -0.399 e. The van der Waals surface area contributed by atoms with Gasteiger partial charge in [-0.3, -0.25) is 0 Å². The highest BCUT2D eigenvalue weighted by Gasteiger charge is 1.98. The number of hydrogen-bond acceptors (Lipinski definition) is 5. The molecule has 0 atom stereocenters. The van der Waals surface area contributed by atoms with Crippen molar-refractivity contribution in [2.24, 2.45) is 0 Å². The minimum absolute atomic E-state index is 0.811. The third kappa shape index (κ3) is 4.72. The third-order valence-corrected chi connectivity index (χ3v) is 8.26. The predicted octanol–water partition coefficient (Wildman–Crippen LogP) is 5.67. The molecule has 0 radical (unpaired) electrons. The molecule has 94 valence electrons. The van der Waals surface area contributed by atoms with E-state index in [2.05, 4.69) is 31.2 Å². The Morgan fingerprint density at radius 2 is 1.17 bits per heavy atom. The summed E-state index contributed by atoms with van der Waals surface area (Å²) < 4.78 is 0. The summed E-state index contributed by atoms with van der Waals surface area (Å²) in [5.41, 5.74) is 7.75. The summed E-state index contributed by atoms with van der Waals surface area (Å²) in [6, 6.07) is 16.5. The van der Waals surface area contributed by atoms with Crippen molar-refractivity contribution in [1.29, 1.82) is 0 Å². The van der Waals surface area contributed by atoms with Crippen molar-refractivity contribution in [3.8, 4) is 0 Å². The van der Waals surface area contributed by atoms with Gasteiger partial charge < -0.3 is 5.73 Å². The molecular formula is C13H13NS4. The molecule has 0 amide bonds. The molecule has 2 aromatic carbocycles. The van der Waals surface area contributed by atoms with Crippen LogP contribution in [0.5, 0.6) is 0 Å². The lowest BCUT2D eigenvalue weighted by Crippen LogP contribution is -1.81. The SMILES string of the molecule is Cc1ccc(SSSSc2ccc(N)cc2)cc1. The van der Waals surface area contributed by atoms with Crippen molar-refractivity contribution in [3.05, 3.63) is 54.1 Å². The van der Waals surface area contributed by atoms with Gasteiger partial charge in [0.25, 0.3) is 0 Å². The zero-order chi connectivity index (χ0) is 12.8. The molecule has 5 heteroatoms. The first kappa shape index (κ1) is 14.1. The first-order valence-corrected chi connectivity index (χ1v) is 10.2. The molecule has 0 heterocycles. The maximum absolute atomic E-state index is 5.64. The number of aryl methyl sites for hydroxylation is 1. The molecule has 0 aliphatic rings. The average molecular weight is 312 g/mol. The lowest BCUT2D eigenvalue weighted by molar-refractivity contribution is 1.38. The van der Waals surface area contributed by atoms with Crippen LogP contribution in [0.15, 0.2) is 58.3 Å².